The molecule has 3 rings (SSSR count). The van der Waals surface area contributed by atoms with Crippen molar-refractivity contribution in [1.82, 2.24) is 15.3 Å². The number of aromatic nitrogens is 2. The van der Waals surface area contributed by atoms with Crippen LogP contribution in [0.15, 0.2) is 55.0 Å². The van der Waals surface area contributed by atoms with E-state index >= 15 is 0 Å². The van der Waals surface area contributed by atoms with E-state index < -0.39 is 17.9 Å². The zero-order valence-corrected chi connectivity index (χ0v) is 18.3. The highest BCUT2D eigenvalue weighted by Crippen LogP contribution is 2.29. The van der Waals surface area contributed by atoms with E-state index in [0.717, 1.165) is 27.9 Å². The zero-order chi connectivity index (χ0) is 22.2. The number of aromatic amines is 1. The Hall–Kier alpha value is -3.32. The number of aryl methyl sites for hydroxylation is 1. The summed E-state index contributed by atoms with van der Waals surface area (Å²) in [6, 6.07) is 12.4. The summed E-state index contributed by atoms with van der Waals surface area (Å²) in [6.45, 7) is 1.99. The zero-order valence-electron chi connectivity index (χ0n) is 17.5. The molecule has 0 saturated carbocycles. The van der Waals surface area contributed by atoms with Crippen molar-refractivity contribution in [2.24, 2.45) is 0 Å². The van der Waals surface area contributed by atoms with Gasteiger partial charge in [0, 0.05) is 11.8 Å². The molecule has 1 heterocycles. The van der Waals surface area contributed by atoms with Crippen molar-refractivity contribution in [2.45, 2.75) is 19.4 Å². The number of nitrogens with zero attached hydrogens (tertiary/aromatic N) is 1. The molecule has 1 amide bonds. The summed E-state index contributed by atoms with van der Waals surface area (Å²) in [5.74, 6) is -0.772. The Kier molecular flexibility index (Phi) is 7.67. The van der Waals surface area contributed by atoms with Gasteiger partial charge in [0.05, 0.1) is 12.0 Å². The molecule has 0 bridgehead atoms. The third-order valence-corrected chi connectivity index (χ3v) is 5.55. The monoisotopic (exact) mass is 435 g/mol. The van der Waals surface area contributed by atoms with Crippen LogP contribution in [0.25, 0.3) is 23.3 Å². The number of rotatable bonds is 9. The SMILES string of the molecule is CSCCC(NC(=O)c1ccc(/C=C/c2c[nH]cn2)cc1-c1ccccc1C)C(=O)O. The van der Waals surface area contributed by atoms with Crippen molar-refractivity contribution in [3.05, 3.63) is 77.4 Å². The number of carboxylic acid groups (broad SMARTS) is 1. The van der Waals surface area contributed by atoms with Crippen molar-refractivity contribution < 1.29 is 14.7 Å². The normalized spacial score (nSPS) is 12.1. The molecule has 160 valence electrons. The Morgan fingerprint density at radius 3 is 2.68 bits per heavy atom. The maximum Gasteiger partial charge on any atom is 0.326 e. The first-order valence-corrected chi connectivity index (χ1v) is 11.3. The highest BCUT2D eigenvalue weighted by Gasteiger charge is 2.22. The average Bonchev–Trinajstić information content (AvgIpc) is 3.29. The molecule has 0 saturated heterocycles. The average molecular weight is 436 g/mol. The molecule has 1 unspecified atom stereocenters. The van der Waals surface area contributed by atoms with Crippen LogP contribution in [-0.4, -0.2) is 45.0 Å². The minimum atomic E-state index is -1.03. The van der Waals surface area contributed by atoms with Gasteiger partial charge in [0.15, 0.2) is 0 Å². The van der Waals surface area contributed by atoms with Gasteiger partial charge in [0.25, 0.3) is 5.91 Å². The molecular formula is C24H25N3O3S. The smallest absolute Gasteiger partial charge is 0.326 e. The molecule has 0 aliphatic rings. The molecule has 7 heteroatoms. The number of nitrogens with one attached hydrogen (secondary N) is 2. The number of imidazole rings is 1. The van der Waals surface area contributed by atoms with Crippen molar-refractivity contribution in [3.8, 4) is 11.1 Å². The van der Waals surface area contributed by atoms with E-state index in [0.29, 0.717) is 17.7 Å². The van der Waals surface area contributed by atoms with Gasteiger partial charge in [-0.15, -0.1) is 0 Å². The third kappa shape index (κ3) is 5.86. The molecule has 6 nitrogen and oxygen atoms in total. The molecule has 2 aromatic carbocycles. The first-order chi connectivity index (χ1) is 15.0. The molecule has 0 spiro atoms. The van der Waals surface area contributed by atoms with Crippen molar-refractivity contribution in [3.63, 3.8) is 0 Å². The predicted molar refractivity (Wildman–Crippen MR) is 126 cm³/mol. The number of benzene rings is 2. The maximum absolute atomic E-state index is 13.1. The van der Waals surface area contributed by atoms with E-state index in [-0.39, 0.29) is 0 Å². The number of carboxylic acids is 1. The standard InChI is InChI=1S/C24H25N3O3S/c1-16-5-3-4-6-19(16)21-13-17(7-9-18-14-25-15-26-18)8-10-20(21)23(28)27-22(24(29)30)11-12-31-2/h3-10,13-15,22H,11-12H2,1-2H3,(H,25,26)(H,27,28)(H,29,30)/b9-7+. The van der Waals surface area contributed by atoms with Crippen LogP contribution in [0.4, 0.5) is 0 Å². The van der Waals surface area contributed by atoms with Gasteiger partial charge in [0.2, 0.25) is 0 Å². The molecule has 0 fully saturated rings. The predicted octanol–water partition coefficient (Wildman–Crippen LogP) is 4.49. The van der Waals surface area contributed by atoms with Gasteiger partial charge in [-0.2, -0.15) is 11.8 Å². The van der Waals surface area contributed by atoms with Gasteiger partial charge in [-0.25, -0.2) is 9.78 Å². The summed E-state index contributed by atoms with van der Waals surface area (Å²) in [5.41, 5.74) is 4.88. The number of carbonyl (C=O) groups excluding carboxylic acids is 1. The van der Waals surface area contributed by atoms with Gasteiger partial charge in [0.1, 0.15) is 6.04 Å². The second kappa shape index (κ2) is 10.6. The molecule has 0 aliphatic carbocycles. The summed E-state index contributed by atoms with van der Waals surface area (Å²) in [4.78, 5) is 31.8. The van der Waals surface area contributed by atoms with E-state index in [1.54, 1.807) is 30.4 Å². The Morgan fingerprint density at radius 2 is 2.00 bits per heavy atom. The van der Waals surface area contributed by atoms with Crippen LogP contribution in [-0.2, 0) is 4.79 Å². The fraction of sp³-hybridized carbons (Fsp3) is 0.208. The van der Waals surface area contributed by atoms with Crippen LogP contribution in [0.5, 0.6) is 0 Å². The molecule has 31 heavy (non-hydrogen) atoms. The summed E-state index contributed by atoms with van der Waals surface area (Å²) in [6.07, 6.45) is 9.50. The second-order valence-electron chi connectivity index (χ2n) is 7.09. The van der Waals surface area contributed by atoms with Crippen molar-refractivity contribution >= 4 is 35.8 Å². The lowest BCUT2D eigenvalue weighted by Gasteiger charge is -2.17. The van der Waals surface area contributed by atoms with Crippen LogP contribution in [0.1, 0.15) is 33.6 Å². The number of thioether (sulfide) groups is 1. The van der Waals surface area contributed by atoms with Gasteiger partial charge < -0.3 is 15.4 Å². The van der Waals surface area contributed by atoms with Crippen LogP contribution < -0.4 is 5.32 Å². The second-order valence-corrected chi connectivity index (χ2v) is 8.08. The number of H-pyrrole nitrogens is 1. The highest BCUT2D eigenvalue weighted by atomic mass is 32.2. The lowest BCUT2D eigenvalue weighted by molar-refractivity contribution is -0.139. The van der Waals surface area contributed by atoms with E-state index in [9.17, 15) is 14.7 Å². The Morgan fingerprint density at radius 1 is 1.19 bits per heavy atom. The van der Waals surface area contributed by atoms with Crippen molar-refractivity contribution in [2.75, 3.05) is 12.0 Å². The fourth-order valence-corrected chi connectivity index (χ4v) is 3.71. The lowest BCUT2D eigenvalue weighted by atomic mass is 9.93. The number of hydrogen-bond acceptors (Lipinski definition) is 4. The quantitative estimate of drug-likeness (QED) is 0.460. The summed E-state index contributed by atoms with van der Waals surface area (Å²) >= 11 is 1.55. The molecule has 1 atom stereocenters. The Balaban J connectivity index is 1.97. The lowest BCUT2D eigenvalue weighted by Crippen LogP contribution is -2.41. The van der Waals surface area contributed by atoms with Crippen LogP contribution in [0.3, 0.4) is 0 Å². The first-order valence-electron chi connectivity index (χ1n) is 9.89. The maximum atomic E-state index is 13.1. The Labute approximate surface area is 185 Å². The summed E-state index contributed by atoms with van der Waals surface area (Å²) in [7, 11) is 0. The van der Waals surface area contributed by atoms with Gasteiger partial charge in [-0.3, -0.25) is 4.79 Å². The molecular weight excluding hydrogens is 410 g/mol. The van der Waals surface area contributed by atoms with Gasteiger partial charge in [-0.1, -0.05) is 36.4 Å². The van der Waals surface area contributed by atoms with E-state index in [4.69, 9.17) is 0 Å². The van der Waals surface area contributed by atoms with E-state index in [1.807, 2.05) is 61.7 Å². The molecule has 1 aromatic heterocycles. The summed E-state index contributed by atoms with van der Waals surface area (Å²) < 4.78 is 0. The van der Waals surface area contributed by atoms with Crippen LogP contribution in [0, 0.1) is 6.92 Å². The molecule has 0 radical (unpaired) electrons. The summed E-state index contributed by atoms with van der Waals surface area (Å²) in [5, 5.41) is 12.2. The number of carbonyl (C=O) groups is 2. The first kappa shape index (κ1) is 22.4. The highest BCUT2D eigenvalue weighted by molar-refractivity contribution is 7.98. The Bertz CT molecular complexity index is 1080. The topological polar surface area (TPSA) is 95.1 Å². The van der Waals surface area contributed by atoms with Gasteiger partial charge >= 0.3 is 5.97 Å². The number of amides is 1. The molecule has 3 aromatic rings. The molecule has 0 aliphatic heterocycles. The van der Waals surface area contributed by atoms with E-state index in [1.165, 1.54) is 0 Å². The van der Waals surface area contributed by atoms with Crippen molar-refractivity contribution in [1.29, 1.82) is 0 Å². The number of aliphatic carboxylic acids is 1. The largest absolute Gasteiger partial charge is 0.480 e. The molecule has 3 N–H and O–H groups in total. The van der Waals surface area contributed by atoms with Crippen LogP contribution >= 0.6 is 11.8 Å². The van der Waals surface area contributed by atoms with E-state index in [2.05, 4.69) is 15.3 Å². The number of hydrogen-bond donors (Lipinski definition) is 3. The minimum Gasteiger partial charge on any atom is -0.480 e. The van der Waals surface area contributed by atoms with Crippen LogP contribution in [0.2, 0.25) is 0 Å². The van der Waals surface area contributed by atoms with Gasteiger partial charge in [-0.05, 0) is 65.8 Å². The third-order valence-electron chi connectivity index (χ3n) is 4.90. The fourth-order valence-electron chi connectivity index (χ4n) is 3.24. The minimum absolute atomic E-state index is 0.367.